The molecule has 0 bridgehead atoms. The lowest BCUT2D eigenvalue weighted by atomic mass is 10.1. The Bertz CT molecular complexity index is 440. The quantitative estimate of drug-likeness (QED) is 0.510. The summed E-state index contributed by atoms with van der Waals surface area (Å²) in [5.41, 5.74) is 0. The molecule has 0 amide bonds. The molecule has 1 N–H and O–H groups in total. The van der Waals surface area contributed by atoms with Gasteiger partial charge in [0, 0.05) is 20.8 Å². The standard InChI is InChI=1S/C14H22O8S/c1-5-23-13-12(21-9(4)17)11(22-14(13)18)10(20-8(3)16)6-19-7(2)15/h10-14,18H,5-6H2,1-4H3. The first-order chi connectivity index (χ1) is 10.8. The first-order valence-corrected chi connectivity index (χ1v) is 8.24. The van der Waals surface area contributed by atoms with E-state index in [-0.39, 0.29) is 6.61 Å². The summed E-state index contributed by atoms with van der Waals surface area (Å²) in [4.78, 5) is 33.6. The lowest BCUT2D eigenvalue weighted by Crippen LogP contribution is -2.45. The van der Waals surface area contributed by atoms with Crippen LogP contribution in [0, 0.1) is 0 Å². The average Bonchev–Trinajstić information content (AvgIpc) is 2.71. The third-order valence-electron chi connectivity index (χ3n) is 3.02. The van der Waals surface area contributed by atoms with Gasteiger partial charge in [0.1, 0.15) is 18.8 Å². The highest BCUT2D eigenvalue weighted by atomic mass is 32.2. The second-order valence-corrected chi connectivity index (χ2v) is 6.39. The van der Waals surface area contributed by atoms with Gasteiger partial charge < -0.3 is 24.1 Å². The molecule has 5 atom stereocenters. The fraction of sp³-hybridized carbons (Fsp3) is 0.786. The zero-order chi connectivity index (χ0) is 17.6. The molecule has 1 aliphatic heterocycles. The van der Waals surface area contributed by atoms with E-state index in [4.69, 9.17) is 18.9 Å². The lowest BCUT2D eigenvalue weighted by Gasteiger charge is -2.27. The summed E-state index contributed by atoms with van der Waals surface area (Å²) in [6, 6.07) is 0. The monoisotopic (exact) mass is 350 g/mol. The van der Waals surface area contributed by atoms with E-state index in [1.807, 2.05) is 6.92 Å². The minimum Gasteiger partial charge on any atom is -0.462 e. The third kappa shape index (κ3) is 6.00. The summed E-state index contributed by atoms with van der Waals surface area (Å²) in [7, 11) is 0. The molecule has 9 heteroatoms. The summed E-state index contributed by atoms with van der Waals surface area (Å²) < 4.78 is 20.7. The van der Waals surface area contributed by atoms with E-state index in [1.54, 1.807) is 0 Å². The summed E-state index contributed by atoms with van der Waals surface area (Å²) in [5, 5.41) is 9.53. The first kappa shape index (κ1) is 19.7. The zero-order valence-corrected chi connectivity index (χ0v) is 14.3. The first-order valence-electron chi connectivity index (χ1n) is 7.19. The number of aliphatic hydroxyl groups excluding tert-OH is 1. The largest absolute Gasteiger partial charge is 0.462 e. The lowest BCUT2D eigenvalue weighted by molar-refractivity contribution is -0.182. The molecule has 0 aromatic carbocycles. The van der Waals surface area contributed by atoms with Crippen molar-refractivity contribution in [3.63, 3.8) is 0 Å². The van der Waals surface area contributed by atoms with Crippen LogP contribution in [0.25, 0.3) is 0 Å². The van der Waals surface area contributed by atoms with Crippen molar-refractivity contribution in [2.24, 2.45) is 0 Å². The summed E-state index contributed by atoms with van der Waals surface area (Å²) in [6.45, 7) is 5.29. The van der Waals surface area contributed by atoms with Crippen molar-refractivity contribution in [3.05, 3.63) is 0 Å². The summed E-state index contributed by atoms with van der Waals surface area (Å²) in [5.74, 6) is -1.04. The Labute approximate surface area is 138 Å². The normalized spacial score (nSPS) is 28.0. The van der Waals surface area contributed by atoms with Gasteiger partial charge in [-0.25, -0.2) is 0 Å². The molecule has 0 aromatic heterocycles. The molecular formula is C14H22O8S. The molecule has 1 rings (SSSR count). The molecule has 1 aliphatic rings. The van der Waals surface area contributed by atoms with Crippen LogP contribution in [0.5, 0.6) is 0 Å². The van der Waals surface area contributed by atoms with Crippen LogP contribution in [-0.2, 0) is 33.3 Å². The van der Waals surface area contributed by atoms with Crippen LogP contribution in [-0.4, -0.2) is 65.2 Å². The van der Waals surface area contributed by atoms with Gasteiger partial charge >= 0.3 is 17.9 Å². The van der Waals surface area contributed by atoms with E-state index in [2.05, 4.69) is 0 Å². The minimum atomic E-state index is -1.19. The smallest absolute Gasteiger partial charge is 0.303 e. The van der Waals surface area contributed by atoms with Crippen molar-refractivity contribution in [2.75, 3.05) is 12.4 Å². The SMILES string of the molecule is CCSC1C(O)OC(C(COC(C)=O)OC(C)=O)C1OC(C)=O. The molecule has 1 saturated heterocycles. The molecule has 1 heterocycles. The van der Waals surface area contributed by atoms with E-state index in [9.17, 15) is 19.5 Å². The van der Waals surface area contributed by atoms with Gasteiger partial charge in [0.05, 0.1) is 5.25 Å². The minimum absolute atomic E-state index is 0.256. The molecule has 132 valence electrons. The van der Waals surface area contributed by atoms with Crippen molar-refractivity contribution >= 4 is 29.7 Å². The Hall–Kier alpha value is -1.32. The number of carbonyl (C=O) groups excluding carboxylic acids is 3. The number of hydrogen-bond donors (Lipinski definition) is 1. The number of thioether (sulfide) groups is 1. The number of esters is 3. The second kappa shape index (κ2) is 9.09. The van der Waals surface area contributed by atoms with Gasteiger partial charge in [0.25, 0.3) is 0 Å². The third-order valence-corrected chi connectivity index (χ3v) is 4.24. The number of rotatable bonds is 7. The molecule has 0 spiro atoms. The van der Waals surface area contributed by atoms with Gasteiger partial charge in [-0.15, -0.1) is 11.8 Å². The molecule has 5 unspecified atom stereocenters. The van der Waals surface area contributed by atoms with Crippen molar-refractivity contribution in [2.45, 2.75) is 57.5 Å². The maximum absolute atomic E-state index is 11.4. The summed E-state index contributed by atoms with van der Waals surface area (Å²) in [6.07, 6.45) is -3.93. The van der Waals surface area contributed by atoms with E-state index in [1.165, 1.54) is 32.5 Å². The van der Waals surface area contributed by atoms with Gasteiger partial charge in [0.15, 0.2) is 12.4 Å². The highest BCUT2D eigenvalue weighted by molar-refractivity contribution is 8.00. The van der Waals surface area contributed by atoms with Crippen molar-refractivity contribution < 1.29 is 38.4 Å². The van der Waals surface area contributed by atoms with Crippen LogP contribution in [0.3, 0.4) is 0 Å². The van der Waals surface area contributed by atoms with Crippen LogP contribution >= 0.6 is 11.8 Å². The second-order valence-electron chi connectivity index (χ2n) is 4.94. The number of aliphatic hydroxyl groups is 1. The zero-order valence-electron chi connectivity index (χ0n) is 13.5. The van der Waals surface area contributed by atoms with Gasteiger partial charge in [-0.05, 0) is 5.75 Å². The Morgan fingerprint density at radius 2 is 1.83 bits per heavy atom. The van der Waals surface area contributed by atoms with Crippen LogP contribution < -0.4 is 0 Å². The predicted octanol–water partition coefficient (Wildman–Crippen LogP) is 0.252. The number of carbonyl (C=O) groups is 3. The highest BCUT2D eigenvalue weighted by Gasteiger charge is 2.50. The van der Waals surface area contributed by atoms with E-state index in [0.717, 1.165) is 0 Å². The van der Waals surface area contributed by atoms with Gasteiger partial charge in [-0.3, -0.25) is 14.4 Å². The van der Waals surface area contributed by atoms with Crippen LogP contribution in [0.15, 0.2) is 0 Å². The molecule has 0 radical (unpaired) electrons. The maximum atomic E-state index is 11.4. The van der Waals surface area contributed by atoms with Crippen LogP contribution in [0.2, 0.25) is 0 Å². The van der Waals surface area contributed by atoms with Crippen LogP contribution in [0.1, 0.15) is 27.7 Å². The highest BCUT2D eigenvalue weighted by Crippen LogP contribution is 2.34. The Balaban J connectivity index is 2.96. The van der Waals surface area contributed by atoms with Crippen molar-refractivity contribution in [1.82, 2.24) is 0 Å². The topological polar surface area (TPSA) is 108 Å². The maximum Gasteiger partial charge on any atom is 0.303 e. The molecule has 8 nitrogen and oxygen atoms in total. The number of hydrogen-bond acceptors (Lipinski definition) is 9. The van der Waals surface area contributed by atoms with E-state index >= 15 is 0 Å². The van der Waals surface area contributed by atoms with E-state index < -0.39 is 47.8 Å². The fourth-order valence-corrected chi connectivity index (χ4v) is 3.28. The molecule has 0 aliphatic carbocycles. The van der Waals surface area contributed by atoms with Crippen LogP contribution in [0.4, 0.5) is 0 Å². The molecule has 23 heavy (non-hydrogen) atoms. The summed E-state index contributed by atoms with van der Waals surface area (Å²) >= 11 is 1.36. The molecule has 1 fully saturated rings. The Kier molecular flexibility index (Phi) is 7.80. The molecule has 0 saturated carbocycles. The number of ether oxygens (including phenoxy) is 4. The Morgan fingerprint density at radius 1 is 1.17 bits per heavy atom. The van der Waals surface area contributed by atoms with Crippen molar-refractivity contribution in [1.29, 1.82) is 0 Å². The Morgan fingerprint density at radius 3 is 2.30 bits per heavy atom. The molecular weight excluding hydrogens is 328 g/mol. The van der Waals surface area contributed by atoms with Crippen molar-refractivity contribution in [3.8, 4) is 0 Å². The van der Waals surface area contributed by atoms with Gasteiger partial charge in [-0.1, -0.05) is 6.92 Å². The predicted molar refractivity (Wildman–Crippen MR) is 80.5 cm³/mol. The molecule has 0 aromatic rings. The van der Waals surface area contributed by atoms with E-state index in [0.29, 0.717) is 5.75 Å². The van der Waals surface area contributed by atoms with Gasteiger partial charge in [0.2, 0.25) is 0 Å². The fourth-order valence-electron chi connectivity index (χ4n) is 2.27. The van der Waals surface area contributed by atoms with Gasteiger partial charge in [-0.2, -0.15) is 0 Å². The average molecular weight is 350 g/mol.